The lowest BCUT2D eigenvalue weighted by Gasteiger charge is -2.19. The Kier molecular flexibility index (Phi) is 3.57. The molecule has 0 aromatic heterocycles. The summed E-state index contributed by atoms with van der Waals surface area (Å²) in [6, 6.07) is 5.12. The highest BCUT2D eigenvalue weighted by molar-refractivity contribution is 5.96. The maximum atomic E-state index is 11.5. The van der Waals surface area contributed by atoms with Crippen LogP contribution >= 0.6 is 0 Å². The maximum absolute atomic E-state index is 11.5. The van der Waals surface area contributed by atoms with Crippen LogP contribution in [0.3, 0.4) is 0 Å². The third kappa shape index (κ3) is 2.54. The van der Waals surface area contributed by atoms with Gasteiger partial charge in [0, 0.05) is 24.9 Å². The molecule has 6 heteroatoms. The number of carbonyl (C=O) groups is 1. The minimum atomic E-state index is -0.597. The van der Waals surface area contributed by atoms with Crippen LogP contribution in [0.2, 0.25) is 0 Å². The third-order valence-corrected chi connectivity index (χ3v) is 2.17. The fraction of sp³-hybridized carbons (Fsp3) is 0.300. The molecule has 2 N–H and O–H groups in total. The number of non-ortho nitro benzene ring substituents is 1. The molecule has 1 amide bonds. The summed E-state index contributed by atoms with van der Waals surface area (Å²) in [5.41, 5.74) is 6.02. The number of benzene rings is 1. The van der Waals surface area contributed by atoms with Gasteiger partial charge in [0.15, 0.2) is 0 Å². The van der Waals surface area contributed by atoms with Gasteiger partial charge in [-0.15, -0.1) is 0 Å². The molecule has 1 rings (SSSR count). The molecule has 0 aliphatic carbocycles. The molecule has 0 radical (unpaired) electrons. The average molecular weight is 223 g/mol. The summed E-state index contributed by atoms with van der Waals surface area (Å²) in [4.78, 5) is 22.8. The summed E-state index contributed by atoms with van der Waals surface area (Å²) < 4.78 is 0. The molecule has 6 nitrogen and oxygen atoms in total. The molecule has 0 spiro atoms. The number of likely N-dealkylation sites (N-methyl/N-ethyl adjacent to an activating group) is 1. The number of anilines is 1. The van der Waals surface area contributed by atoms with Crippen molar-refractivity contribution < 1.29 is 9.72 Å². The van der Waals surface area contributed by atoms with Crippen LogP contribution in [0.4, 0.5) is 11.4 Å². The number of nitro benzene ring substituents is 1. The van der Waals surface area contributed by atoms with Gasteiger partial charge in [-0.25, -0.2) is 0 Å². The number of nitro groups is 1. The molecule has 0 unspecified atom stereocenters. The van der Waals surface area contributed by atoms with Gasteiger partial charge in [0.1, 0.15) is 0 Å². The van der Waals surface area contributed by atoms with Crippen LogP contribution in [0.15, 0.2) is 24.3 Å². The molecule has 0 bridgehead atoms. The predicted molar refractivity (Wildman–Crippen MR) is 60.2 cm³/mol. The molecule has 1 aromatic carbocycles. The van der Waals surface area contributed by atoms with Crippen molar-refractivity contribution in [2.75, 3.05) is 11.9 Å². The van der Waals surface area contributed by atoms with Crippen molar-refractivity contribution >= 4 is 17.3 Å². The Labute approximate surface area is 92.8 Å². The van der Waals surface area contributed by atoms with Gasteiger partial charge in [0.05, 0.1) is 11.0 Å². The Morgan fingerprint density at radius 2 is 1.94 bits per heavy atom. The molecule has 16 heavy (non-hydrogen) atoms. The molecule has 0 saturated carbocycles. The first-order chi connectivity index (χ1) is 7.43. The van der Waals surface area contributed by atoms with Gasteiger partial charge in [-0.3, -0.25) is 14.9 Å². The van der Waals surface area contributed by atoms with Crippen molar-refractivity contribution in [2.45, 2.75) is 13.0 Å². The van der Waals surface area contributed by atoms with Crippen molar-refractivity contribution in [3.05, 3.63) is 34.4 Å². The molecule has 0 aliphatic rings. The van der Waals surface area contributed by atoms with Crippen LogP contribution in [0.25, 0.3) is 0 Å². The van der Waals surface area contributed by atoms with E-state index in [1.165, 1.54) is 29.2 Å². The van der Waals surface area contributed by atoms with Gasteiger partial charge in [-0.2, -0.15) is 0 Å². The zero-order valence-electron chi connectivity index (χ0n) is 9.08. The summed E-state index contributed by atoms with van der Waals surface area (Å²) in [6.45, 7) is 1.59. The zero-order chi connectivity index (χ0) is 12.3. The van der Waals surface area contributed by atoms with Gasteiger partial charge >= 0.3 is 0 Å². The highest BCUT2D eigenvalue weighted by Gasteiger charge is 2.15. The monoisotopic (exact) mass is 223 g/mol. The van der Waals surface area contributed by atoms with Crippen molar-refractivity contribution in [2.24, 2.45) is 5.73 Å². The number of nitrogens with zero attached hydrogens (tertiary/aromatic N) is 2. The minimum Gasteiger partial charge on any atom is -0.320 e. The Balaban J connectivity index is 2.89. The average Bonchev–Trinajstić information content (AvgIpc) is 2.27. The Hall–Kier alpha value is -1.95. The van der Waals surface area contributed by atoms with Gasteiger partial charge in [-0.05, 0) is 19.1 Å². The van der Waals surface area contributed by atoms with Crippen molar-refractivity contribution in [1.82, 2.24) is 0 Å². The van der Waals surface area contributed by atoms with Crippen molar-refractivity contribution in [1.29, 1.82) is 0 Å². The van der Waals surface area contributed by atoms with Crippen LogP contribution in [0, 0.1) is 10.1 Å². The maximum Gasteiger partial charge on any atom is 0.269 e. The van der Waals surface area contributed by atoms with E-state index < -0.39 is 11.0 Å². The van der Waals surface area contributed by atoms with Crippen LogP contribution in [0.1, 0.15) is 6.92 Å². The molecule has 86 valence electrons. The zero-order valence-corrected chi connectivity index (χ0v) is 9.08. The summed E-state index contributed by atoms with van der Waals surface area (Å²) in [6.07, 6.45) is 0. The second-order valence-electron chi connectivity index (χ2n) is 3.46. The summed E-state index contributed by atoms with van der Waals surface area (Å²) in [5, 5.41) is 10.4. The Morgan fingerprint density at radius 1 is 1.44 bits per heavy atom. The van der Waals surface area contributed by atoms with E-state index in [0.29, 0.717) is 5.69 Å². The summed E-state index contributed by atoms with van der Waals surface area (Å²) in [5.74, 6) is -0.242. The lowest BCUT2D eigenvalue weighted by Crippen LogP contribution is -2.39. The molecule has 1 atom stereocenters. The largest absolute Gasteiger partial charge is 0.320 e. The number of nitrogens with two attached hydrogens (primary N) is 1. The number of hydrogen-bond acceptors (Lipinski definition) is 4. The van der Waals surface area contributed by atoms with Crippen LogP contribution in [0.5, 0.6) is 0 Å². The van der Waals surface area contributed by atoms with E-state index in [1.54, 1.807) is 14.0 Å². The molecule has 0 fully saturated rings. The summed E-state index contributed by atoms with van der Waals surface area (Å²) >= 11 is 0. The van der Waals surface area contributed by atoms with E-state index in [-0.39, 0.29) is 11.6 Å². The minimum absolute atomic E-state index is 0.00889. The lowest BCUT2D eigenvalue weighted by molar-refractivity contribution is -0.384. The molecule has 0 heterocycles. The first-order valence-electron chi connectivity index (χ1n) is 4.71. The number of hydrogen-bond donors (Lipinski definition) is 1. The number of carbonyl (C=O) groups excluding carboxylic acids is 1. The van der Waals surface area contributed by atoms with E-state index >= 15 is 0 Å². The summed E-state index contributed by atoms with van der Waals surface area (Å²) in [7, 11) is 1.58. The van der Waals surface area contributed by atoms with Gasteiger partial charge in [0.25, 0.3) is 5.69 Å². The first-order valence-corrected chi connectivity index (χ1v) is 4.71. The SMILES string of the molecule is C[C@H](N)C(=O)N(C)c1ccc([N+](=O)[O-])cc1. The highest BCUT2D eigenvalue weighted by atomic mass is 16.6. The van der Waals surface area contributed by atoms with E-state index in [0.717, 1.165) is 0 Å². The second kappa shape index (κ2) is 4.71. The molecule has 0 saturated heterocycles. The highest BCUT2D eigenvalue weighted by Crippen LogP contribution is 2.18. The van der Waals surface area contributed by atoms with Gasteiger partial charge in [0.2, 0.25) is 5.91 Å². The Morgan fingerprint density at radius 3 is 2.31 bits per heavy atom. The fourth-order valence-corrected chi connectivity index (χ4v) is 1.23. The van der Waals surface area contributed by atoms with Crippen LogP contribution < -0.4 is 10.6 Å². The molecule has 1 aromatic rings. The quantitative estimate of drug-likeness (QED) is 0.609. The van der Waals surface area contributed by atoms with Crippen molar-refractivity contribution in [3.8, 4) is 0 Å². The van der Waals surface area contributed by atoms with Crippen LogP contribution in [-0.4, -0.2) is 23.9 Å². The van der Waals surface area contributed by atoms with E-state index in [1.807, 2.05) is 0 Å². The number of rotatable bonds is 3. The molecular formula is C10H13N3O3. The van der Waals surface area contributed by atoms with Gasteiger partial charge < -0.3 is 10.6 Å². The smallest absolute Gasteiger partial charge is 0.269 e. The second-order valence-corrected chi connectivity index (χ2v) is 3.46. The first kappa shape index (κ1) is 12.1. The topological polar surface area (TPSA) is 89.5 Å². The van der Waals surface area contributed by atoms with E-state index in [4.69, 9.17) is 5.73 Å². The molecular weight excluding hydrogens is 210 g/mol. The lowest BCUT2D eigenvalue weighted by atomic mass is 10.2. The number of amides is 1. The molecule has 0 aliphatic heterocycles. The van der Waals surface area contributed by atoms with E-state index in [2.05, 4.69) is 0 Å². The van der Waals surface area contributed by atoms with Gasteiger partial charge in [-0.1, -0.05) is 0 Å². The fourth-order valence-electron chi connectivity index (χ4n) is 1.23. The standard InChI is InChI=1S/C10H13N3O3/c1-7(11)10(14)12(2)8-3-5-9(6-4-8)13(15)16/h3-7H,11H2,1-2H3/t7-/m0/s1. The Bertz CT molecular complexity index is 400. The normalized spacial score (nSPS) is 11.9. The predicted octanol–water partition coefficient (Wildman–Crippen LogP) is 0.905. The van der Waals surface area contributed by atoms with E-state index in [9.17, 15) is 14.9 Å². The van der Waals surface area contributed by atoms with Crippen LogP contribution in [-0.2, 0) is 4.79 Å². The van der Waals surface area contributed by atoms with Crippen molar-refractivity contribution in [3.63, 3.8) is 0 Å². The third-order valence-electron chi connectivity index (χ3n) is 2.17.